The topological polar surface area (TPSA) is 61.8 Å². The van der Waals surface area contributed by atoms with Crippen LogP contribution in [-0.2, 0) is 9.47 Å². The van der Waals surface area contributed by atoms with Crippen molar-refractivity contribution in [2.24, 2.45) is 0 Å². The van der Waals surface area contributed by atoms with Crippen molar-refractivity contribution in [3.63, 3.8) is 0 Å². The van der Waals surface area contributed by atoms with Gasteiger partial charge in [-0.1, -0.05) is 18.2 Å². The zero-order valence-electron chi connectivity index (χ0n) is 18.5. The lowest BCUT2D eigenvalue weighted by molar-refractivity contribution is 0.0554. The smallest absolute Gasteiger partial charge is 0.339 e. The van der Waals surface area contributed by atoms with Crippen molar-refractivity contribution < 1.29 is 23.8 Å². The van der Waals surface area contributed by atoms with Gasteiger partial charge in [0.1, 0.15) is 5.75 Å². The SMILES string of the molecule is COC(=O)c1c(C(=O)OC)c2c3c(c(C)cc(C)c3c1C)C(c1ccc(OC)cc1)=C2. The molecule has 0 unspecified atom stereocenters. The molecule has 158 valence electrons. The van der Waals surface area contributed by atoms with Gasteiger partial charge in [-0.15, -0.1) is 0 Å². The highest BCUT2D eigenvalue weighted by molar-refractivity contribution is 6.22. The molecule has 0 saturated heterocycles. The fourth-order valence-electron chi connectivity index (χ4n) is 4.69. The second-order valence-electron chi connectivity index (χ2n) is 7.69. The van der Waals surface area contributed by atoms with E-state index in [2.05, 4.69) is 13.0 Å². The molecule has 0 atom stereocenters. The maximum Gasteiger partial charge on any atom is 0.339 e. The summed E-state index contributed by atoms with van der Waals surface area (Å²) in [5, 5.41) is 1.93. The van der Waals surface area contributed by atoms with Crippen LogP contribution in [0.2, 0.25) is 0 Å². The molecule has 1 aliphatic carbocycles. The van der Waals surface area contributed by atoms with Crippen molar-refractivity contribution in [3.8, 4) is 5.75 Å². The third-order valence-electron chi connectivity index (χ3n) is 6.00. The molecule has 0 fully saturated rings. The monoisotopic (exact) mass is 416 g/mol. The number of ether oxygens (including phenoxy) is 3. The van der Waals surface area contributed by atoms with E-state index in [0.29, 0.717) is 11.1 Å². The number of carbonyl (C=O) groups excluding carboxylic acids is 2. The zero-order chi connectivity index (χ0) is 22.4. The quantitative estimate of drug-likeness (QED) is 0.425. The largest absolute Gasteiger partial charge is 0.497 e. The van der Waals surface area contributed by atoms with Crippen LogP contribution in [0, 0.1) is 20.8 Å². The van der Waals surface area contributed by atoms with Crippen LogP contribution >= 0.6 is 0 Å². The number of carbonyl (C=O) groups is 2. The summed E-state index contributed by atoms with van der Waals surface area (Å²) in [5.41, 5.74) is 7.11. The molecule has 3 aromatic carbocycles. The Morgan fingerprint density at radius 1 is 0.774 bits per heavy atom. The Labute approximate surface area is 181 Å². The molecule has 1 aliphatic rings. The number of rotatable bonds is 4. The van der Waals surface area contributed by atoms with Crippen molar-refractivity contribution in [1.82, 2.24) is 0 Å². The minimum Gasteiger partial charge on any atom is -0.497 e. The predicted molar refractivity (Wildman–Crippen MR) is 121 cm³/mol. The molecule has 0 spiro atoms. The fraction of sp³-hybridized carbons (Fsp3) is 0.231. The van der Waals surface area contributed by atoms with E-state index in [9.17, 15) is 9.59 Å². The molecule has 0 amide bonds. The summed E-state index contributed by atoms with van der Waals surface area (Å²) in [7, 11) is 4.27. The summed E-state index contributed by atoms with van der Waals surface area (Å²) >= 11 is 0. The Morgan fingerprint density at radius 2 is 1.39 bits per heavy atom. The third-order valence-corrected chi connectivity index (χ3v) is 6.00. The maximum atomic E-state index is 12.9. The summed E-state index contributed by atoms with van der Waals surface area (Å²) in [6.45, 7) is 5.94. The van der Waals surface area contributed by atoms with Gasteiger partial charge in [0.25, 0.3) is 0 Å². The average molecular weight is 416 g/mol. The molecule has 3 aromatic rings. The highest BCUT2D eigenvalue weighted by atomic mass is 16.5. The molecule has 31 heavy (non-hydrogen) atoms. The van der Waals surface area contributed by atoms with Crippen LogP contribution in [0.3, 0.4) is 0 Å². The van der Waals surface area contributed by atoms with Crippen LogP contribution in [-0.4, -0.2) is 33.3 Å². The molecule has 4 rings (SSSR count). The fourth-order valence-corrected chi connectivity index (χ4v) is 4.69. The highest BCUT2D eigenvalue weighted by Crippen LogP contribution is 2.47. The van der Waals surface area contributed by atoms with E-state index < -0.39 is 11.9 Å². The van der Waals surface area contributed by atoms with Gasteiger partial charge in [-0.3, -0.25) is 0 Å². The summed E-state index contributed by atoms with van der Waals surface area (Å²) in [6, 6.07) is 9.93. The van der Waals surface area contributed by atoms with Gasteiger partial charge < -0.3 is 14.2 Å². The molecule has 0 saturated carbocycles. The standard InChI is InChI=1S/C26H24O5/c1-13-11-14(2)21-18(16-7-9-17(29-4)10-8-16)12-19-23(21)20(13)15(3)22(25(27)30-5)24(19)26(28)31-6/h7-12H,1-6H3. The Kier molecular flexibility index (Phi) is 5.05. The van der Waals surface area contributed by atoms with E-state index >= 15 is 0 Å². The van der Waals surface area contributed by atoms with Crippen LogP contribution in [0.5, 0.6) is 5.75 Å². The van der Waals surface area contributed by atoms with Gasteiger partial charge in [0, 0.05) is 0 Å². The van der Waals surface area contributed by atoms with Crippen LogP contribution in [0.15, 0.2) is 30.3 Å². The maximum absolute atomic E-state index is 12.9. The molecule has 0 bridgehead atoms. The zero-order valence-corrected chi connectivity index (χ0v) is 18.5. The number of methoxy groups -OCH3 is 3. The average Bonchev–Trinajstić information content (AvgIpc) is 3.17. The number of hydrogen-bond acceptors (Lipinski definition) is 5. The molecule has 0 aliphatic heterocycles. The minimum absolute atomic E-state index is 0.245. The molecule has 0 aromatic heterocycles. The van der Waals surface area contributed by atoms with E-state index in [1.54, 1.807) is 7.11 Å². The highest BCUT2D eigenvalue weighted by Gasteiger charge is 2.32. The van der Waals surface area contributed by atoms with E-state index in [-0.39, 0.29) is 11.1 Å². The van der Waals surface area contributed by atoms with Gasteiger partial charge in [0.05, 0.1) is 32.5 Å². The molecular formula is C26H24O5. The Bertz CT molecular complexity index is 1280. The lowest BCUT2D eigenvalue weighted by Crippen LogP contribution is -2.16. The molecular weight excluding hydrogens is 392 g/mol. The van der Waals surface area contributed by atoms with E-state index in [1.807, 2.05) is 44.2 Å². The summed E-state index contributed by atoms with van der Waals surface area (Å²) in [6.07, 6.45) is 1.98. The minimum atomic E-state index is -0.558. The number of benzene rings is 3. The summed E-state index contributed by atoms with van der Waals surface area (Å²) < 4.78 is 15.4. The van der Waals surface area contributed by atoms with Crippen molar-refractivity contribution in [2.75, 3.05) is 21.3 Å². The molecule has 0 N–H and O–H groups in total. The molecule has 5 heteroatoms. The Morgan fingerprint density at radius 3 is 1.97 bits per heavy atom. The summed E-state index contributed by atoms with van der Waals surface area (Å²) in [4.78, 5) is 25.6. The van der Waals surface area contributed by atoms with Crippen LogP contribution in [0.1, 0.15) is 54.1 Å². The third kappa shape index (κ3) is 3.00. The Balaban J connectivity index is 2.16. The van der Waals surface area contributed by atoms with Crippen molar-refractivity contribution in [3.05, 3.63) is 74.8 Å². The predicted octanol–water partition coefficient (Wildman–Crippen LogP) is 5.25. The lowest BCUT2D eigenvalue weighted by atomic mass is 9.85. The lowest BCUT2D eigenvalue weighted by Gasteiger charge is -2.19. The van der Waals surface area contributed by atoms with E-state index in [4.69, 9.17) is 14.2 Å². The first-order valence-electron chi connectivity index (χ1n) is 9.97. The van der Waals surface area contributed by atoms with Crippen molar-refractivity contribution in [1.29, 1.82) is 0 Å². The van der Waals surface area contributed by atoms with Crippen LogP contribution < -0.4 is 4.74 Å². The number of aryl methyl sites for hydroxylation is 3. The van der Waals surface area contributed by atoms with Gasteiger partial charge in [-0.05, 0) is 88.7 Å². The van der Waals surface area contributed by atoms with Crippen LogP contribution in [0.4, 0.5) is 0 Å². The first-order valence-corrected chi connectivity index (χ1v) is 9.97. The molecule has 5 nitrogen and oxygen atoms in total. The van der Waals surface area contributed by atoms with Crippen molar-refractivity contribution in [2.45, 2.75) is 20.8 Å². The van der Waals surface area contributed by atoms with E-state index in [1.165, 1.54) is 14.2 Å². The molecule has 0 heterocycles. The molecule has 0 radical (unpaired) electrons. The Hall–Kier alpha value is -3.60. The normalized spacial score (nSPS) is 12.0. The van der Waals surface area contributed by atoms with Gasteiger partial charge in [-0.2, -0.15) is 0 Å². The van der Waals surface area contributed by atoms with Gasteiger partial charge in [-0.25, -0.2) is 9.59 Å². The van der Waals surface area contributed by atoms with E-state index in [0.717, 1.165) is 44.3 Å². The van der Waals surface area contributed by atoms with Gasteiger partial charge in [0.15, 0.2) is 0 Å². The second kappa shape index (κ2) is 7.58. The van der Waals surface area contributed by atoms with Crippen molar-refractivity contribution >= 4 is 34.4 Å². The van der Waals surface area contributed by atoms with Crippen LogP contribution in [0.25, 0.3) is 22.4 Å². The van der Waals surface area contributed by atoms with Gasteiger partial charge >= 0.3 is 11.9 Å². The first kappa shape index (κ1) is 20.7. The first-order chi connectivity index (χ1) is 14.8. The van der Waals surface area contributed by atoms with Gasteiger partial charge in [0.2, 0.25) is 0 Å². The number of hydrogen-bond donors (Lipinski definition) is 0. The summed E-state index contributed by atoms with van der Waals surface area (Å²) in [5.74, 6) is -0.341. The second-order valence-corrected chi connectivity index (χ2v) is 7.69. The number of esters is 2.